The highest BCUT2D eigenvalue weighted by molar-refractivity contribution is 6.29. The maximum atomic E-state index is 6.02. The highest BCUT2D eigenvalue weighted by atomic mass is 35.5. The molecule has 2 N–H and O–H groups in total. The SMILES string of the molecule is CCC1CN(c2ccccc2)CCN1c1cc(Cl)nc(N)n1. The van der Waals surface area contributed by atoms with Gasteiger partial charge in [0.25, 0.3) is 0 Å². The number of nitrogens with zero attached hydrogens (tertiary/aromatic N) is 4. The van der Waals surface area contributed by atoms with Gasteiger partial charge < -0.3 is 15.5 Å². The van der Waals surface area contributed by atoms with Crippen molar-refractivity contribution in [1.82, 2.24) is 9.97 Å². The molecule has 22 heavy (non-hydrogen) atoms. The molecule has 1 atom stereocenters. The van der Waals surface area contributed by atoms with Crippen LogP contribution in [0.5, 0.6) is 0 Å². The van der Waals surface area contributed by atoms with Gasteiger partial charge in [0.1, 0.15) is 11.0 Å². The van der Waals surface area contributed by atoms with Gasteiger partial charge in [0, 0.05) is 37.4 Å². The smallest absolute Gasteiger partial charge is 0.223 e. The molecule has 1 aromatic carbocycles. The maximum Gasteiger partial charge on any atom is 0.223 e. The molecular formula is C16H20ClN5. The van der Waals surface area contributed by atoms with Crippen LogP contribution in [0.2, 0.25) is 5.15 Å². The largest absolute Gasteiger partial charge is 0.368 e. The van der Waals surface area contributed by atoms with Gasteiger partial charge in [-0.1, -0.05) is 36.7 Å². The van der Waals surface area contributed by atoms with E-state index in [-0.39, 0.29) is 5.95 Å². The fraction of sp³-hybridized carbons (Fsp3) is 0.375. The van der Waals surface area contributed by atoms with E-state index in [4.69, 9.17) is 17.3 Å². The fourth-order valence-electron chi connectivity index (χ4n) is 2.95. The predicted octanol–water partition coefficient (Wildman–Crippen LogP) is 2.82. The molecular weight excluding hydrogens is 298 g/mol. The second kappa shape index (κ2) is 6.40. The number of hydrogen-bond donors (Lipinski definition) is 1. The molecule has 1 fully saturated rings. The Morgan fingerprint density at radius 3 is 2.68 bits per heavy atom. The maximum absolute atomic E-state index is 6.02. The van der Waals surface area contributed by atoms with Crippen molar-refractivity contribution in [3.05, 3.63) is 41.6 Å². The Bertz CT molecular complexity index is 613. The van der Waals surface area contributed by atoms with Crippen molar-refractivity contribution in [1.29, 1.82) is 0 Å². The summed E-state index contributed by atoms with van der Waals surface area (Å²) in [6, 6.07) is 12.7. The zero-order chi connectivity index (χ0) is 15.5. The first-order chi connectivity index (χ1) is 10.7. The molecule has 116 valence electrons. The van der Waals surface area contributed by atoms with E-state index in [1.54, 1.807) is 6.07 Å². The highest BCUT2D eigenvalue weighted by Gasteiger charge is 2.27. The summed E-state index contributed by atoms with van der Waals surface area (Å²) >= 11 is 6.02. The fourth-order valence-corrected chi connectivity index (χ4v) is 3.13. The van der Waals surface area contributed by atoms with Crippen LogP contribution in [0.25, 0.3) is 0 Å². The van der Waals surface area contributed by atoms with Crippen LogP contribution >= 0.6 is 11.6 Å². The molecule has 2 heterocycles. The summed E-state index contributed by atoms with van der Waals surface area (Å²) in [6.45, 7) is 4.99. The number of para-hydroxylation sites is 1. The summed E-state index contributed by atoms with van der Waals surface area (Å²) in [4.78, 5) is 13.0. The van der Waals surface area contributed by atoms with Gasteiger partial charge in [0.2, 0.25) is 5.95 Å². The van der Waals surface area contributed by atoms with Gasteiger partial charge in [-0.15, -0.1) is 0 Å². The van der Waals surface area contributed by atoms with Crippen LogP contribution in [0.1, 0.15) is 13.3 Å². The minimum atomic E-state index is 0.225. The molecule has 1 aliphatic heterocycles. The third kappa shape index (κ3) is 3.09. The average molecular weight is 318 g/mol. The number of aromatic nitrogens is 2. The lowest BCUT2D eigenvalue weighted by molar-refractivity contribution is 0.505. The summed E-state index contributed by atoms with van der Waals surface area (Å²) in [7, 11) is 0. The van der Waals surface area contributed by atoms with Gasteiger partial charge in [-0.3, -0.25) is 0 Å². The molecule has 6 heteroatoms. The summed E-state index contributed by atoms with van der Waals surface area (Å²) < 4.78 is 0. The molecule has 0 radical (unpaired) electrons. The number of piperazine rings is 1. The minimum Gasteiger partial charge on any atom is -0.368 e. The Morgan fingerprint density at radius 1 is 1.23 bits per heavy atom. The molecule has 3 rings (SSSR count). The Morgan fingerprint density at radius 2 is 2.00 bits per heavy atom. The molecule has 5 nitrogen and oxygen atoms in total. The predicted molar refractivity (Wildman–Crippen MR) is 91.5 cm³/mol. The van der Waals surface area contributed by atoms with E-state index in [0.29, 0.717) is 11.2 Å². The zero-order valence-corrected chi connectivity index (χ0v) is 13.4. The van der Waals surface area contributed by atoms with Gasteiger partial charge in [0.05, 0.1) is 0 Å². The van der Waals surface area contributed by atoms with Crippen molar-refractivity contribution in [3.63, 3.8) is 0 Å². The number of nitrogen functional groups attached to an aromatic ring is 1. The first kappa shape index (κ1) is 14.9. The summed E-state index contributed by atoms with van der Waals surface area (Å²) in [6.07, 6.45) is 1.03. The van der Waals surface area contributed by atoms with Crippen molar-refractivity contribution in [2.75, 3.05) is 35.2 Å². The number of anilines is 3. The Labute approximate surface area is 135 Å². The molecule has 1 aromatic heterocycles. The van der Waals surface area contributed by atoms with Crippen LogP contribution < -0.4 is 15.5 Å². The van der Waals surface area contributed by atoms with Gasteiger partial charge >= 0.3 is 0 Å². The van der Waals surface area contributed by atoms with E-state index in [1.807, 2.05) is 6.07 Å². The van der Waals surface area contributed by atoms with Gasteiger partial charge in [-0.05, 0) is 18.6 Å². The first-order valence-electron chi connectivity index (χ1n) is 7.54. The molecule has 0 saturated carbocycles. The number of rotatable bonds is 3. The van der Waals surface area contributed by atoms with Crippen LogP contribution in [0.4, 0.5) is 17.5 Å². The standard InChI is InChI=1S/C16H20ClN5/c1-2-12-11-21(13-6-4-3-5-7-13)8-9-22(12)15-10-14(17)19-16(18)20-15/h3-7,10,12H,2,8-9,11H2,1H3,(H2,18,19,20). The van der Waals surface area contributed by atoms with Crippen molar-refractivity contribution < 1.29 is 0 Å². The summed E-state index contributed by atoms with van der Waals surface area (Å²) in [5, 5.41) is 0.392. The van der Waals surface area contributed by atoms with Crippen LogP contribution in [-0.2, 0) is 0 Å². The van der Waals surface area contributed by atoms with Crippen LogP contribution in [0, 0.1) is 0 Å². The average Bonchev–Trinajstić information content (AvgIpc) is 2.54. The molecule has 1 aliphatic rings. The molecule has 1 saturated heterocycles. The van der Waals surface area contributed by atoms with Gasteiger partial charge in [-0.25, -0.2) is 4.98 Å². The van der Waals surface area contributed by atoms with Crippen LogP contribution in [0.15, 0.2) is 36.4 Å². The number of benzene rings is 1. The Hall–Kier alpha value is -2.01. The van der Waals surface area contributed by atoms with Gasteiger partial charge in [0.15, 0.2) is 0 Å². The highest BCUT2D eigenvalue weighted by Crippen LogP contribution is 2.25. The number of hydrogen-bond acceptors (Lipinski definition) is 5. The van der Waals surface area contributed by atoms with Gasteiger partial charge in [-0.2, -0.15) is 4.98 Å². The molecule has 0 bridgehead atoms. The summed E-state index contributed by atoms with van der Waals surface area (Å²) in [5.74, 6) is 1.04. The minimum absolute atomic E-state index is 0.225. The molecule has 0 aliphatic carbocycles. The van der Waals surface area contributed by atoms with E-state index < -0.39 is 0 Å². The summed E-state index contributed by atoms with van der Waals surface area (Å²) in [5.41, 5.74) is 6.99. The third-order valence-corrected chi connectivity index (χ3v) is 4.26. The van der Waals surface area contributed by atoms with Crippen molar-refractivity contribution in [2.45, 2.75) is 19.4 Å². The van der Waals surface area contributed by atoms with E-state index in [2.05, 4.69) is 51.0 Å². The number of halogens is 1. The van der Waals surface area contributed by atoms with E-state index in [0.717, 1.165) is 31.9 Å². The van der Waals surface area contributed by atoms with Crippen molar-refractivity contribution in [3.8, 4) is 0 Å². The quantitative estimate of drug-likeness (QED) is 0.882. The number of nitrogens with two attached hydrogens (primary N) is 1. The molecule has 0 amide bonds. The molecule has 2 aromatic rings. The monoisotopic (exact) mass is 317 g/mol. The molecule has 1 unspecified atom stereocenters. The second-order valence-corrected chi connectivity index (χ2v) is 5.83. The Kier molecular flexibility index (Phi) is 4.34. The first-order valence-corrected chi connectivity index (χ1v) is 7.92. The van der Waals surface area contributed by atoms with Crippen LogP contribution in [0.3, 0.4) is 0 Å². The van der Waals surface area contributed by atoms with E-state index in [1.165, 1.54) is 5.69 Å². The molecule has 0 spiro atoms. The second-order valence-electron chi connectivity index (χ2n) is 5.44. The van der Waals surface area contributed by atoms with Crippen LogP contribution in [-0.4, -0.2) is 35.6 Å². The van der Waals surface area contributed by atoms with E-state index in [9.17, 15) is 0 Å². The zero-order valence-electron chi connectivity index (χ0n) is 12.6. The lowest BCUT2D eigenvalue weighted by Crippen LogP contribution is -2.53. The topological polar surface area (TPSA) is 58.3 Å². The third-order valence-electron chi connectivity index (χ3n) is 4.07. The lowest BCUT2D eigenvalue weighted by Gasteiger charge is -2.43. The van der Waals surface area contributed by atoms with Crippen molar-refractivity contribution >= 4 is 29.1 Å². The Balaban J connectivity index is 1.81. The lowest BCUT2D eigenvalue weighted by atomic mass is 10.1. The van der Waals surface area contributed by atoms with Crippen molar-refractivity contribution in [2.24, 2.45) is 0 Å². The normalized spacial score (nSPS) is 18.5. The van der Waals surface area contributed by atoms with E-state index >= 15 is 0 Å².